The molecule has 0 saturated carbocycles. The number of esters is 1. The molecule has 1 unspecified atom stereocenters. The molecule has 0 aliphatic carbocycles. The van der Waals surface area contributed by atoms with Gasteiger partial charge in [0.25, 0.3) is 0 Å². The van der Waals surface area contributed by atoms with Crippen LogP contribution in [0.2, 0.25) is 0 Å². The Labute approximate surface area is 98.0 Å². The van der Waals surface area contributed by atoms with Crippen LogP contribution in [-0.2, 0) is 14.3 Å². The van der Waals surface area contributed by atoms with Crippen molar-refractivity contribution < 1.29 is 14.3 Å². The van der Waals surface area contributed by atoms with Crippen molar-refractivity contribution in [2.45, 2.75) is 27.7 Å². The SMILES string of the molecule is COC(=O)C(C(=O)N(C)CC(C)C)C(C)C. The summed E-state index contributed by atoms with van der Waals surface area (Å²) in [5.41, 5.74) is 0. The van der Waals surface area contributed by atoms with Crippen LogP contribution < -0.4 is 0 Å². The number of carbonyl (C=O) groups excluding carboxylic acids is 2. The van der Waals surface area contributed by atoms with Gasteiger partial charge in [-0.25, -0.2) is 0 Å². The predicted octanol–water partition coefficient (Wildman–Crippen LogP) is 1.55. The van der Waals surface area contributed by atoms with Gasteiger partial charge in [0.15, 0.2) is 0 Å². The molecule has 94 valence electrons. The second-order valence-corrected chi connectivity index (χ2v) is 4.86. The molecule has 0 spiro atoms. The van der Waals surface area contributed by atoms with Crippen molar-refractivity contribution in [3.8, 4) is 0 Å². The summed E-state index contributed by atoms with van der Waals surface area (Å²) in [7, 11) is 3.04. The van der Waals surface area contributed by atoms with Crippen LogP contribution in [0.3, 0.4) is 0 Å². The number of nitrogens with zero attached hydrogens (tertiary/aromatic N) is 1. The molecule has 0 aromatic rings. The third-order valence-electron chi connectivity index (χ3n) is 2.40. The molecule has 0 heterocycles. The van der Waals surface area contributed by atoms with E-state index in [1.54, 1.807) is 11.9 Å². The van der Waals surface area contributed by atoms with Gasteiger partial charge >= 0.3 is 5.97 Å². The predicted molar refractivity (Wildman–Crippen MR) is 62.8 cm³/mol. The molecule has 0 N–H and O–H groups in total. The van der Waals surface area contributed by atoms with E-state index in [1.807, 2.05) is 27.7 Å². The number of amides is 1. The van der Waals surface area contributed by atoms with Crippen molar-refractivity contribution in [3.63, 3.8) is 0 Å². The Hall–Kier alpha value is -1.06. The van der Waals surface area contributed by atoms with Gasteiger partial charge in [0.1, 0.15) is 5.92 Å². The highest BCUT2D eigenvalue weighted by Crippen LogP contribution is 2.16. The van der Waals surface area contributed by atoms with E-state index in [2.05, 4.69) is 4.74 Å². The summed E-state index contributed by atoms with van der Waals surface area (Å²) in [5.74, 6) is -0.950. The lowest BCUT2D eigenvalue weighted by atomic mass is 9.94. The third-order valence-corrected chi connectivity index (χ3v) is 2.40. The van der Waals surface area contributed by atoms with E-state index in [0.29, 0.717) is 12.5 Å². The second-order valence-electron chi connectivity index (χ2n) is 4.86. The monoisotopic (exact) mass is 229 g/mol. The molecule has 1 amide bonds. The van der Waals surface area contributed by atoms with E-state index < -0.39 is 11.9 Å². The number of hydrogen-bond donors (Lipinski definition) is 0. The van der Waals surface area contributed by atoms with E-state index in [4.69, 9.17) is 0 Å². The van der Waals surface area contributed by atoms with Gasteiger partial charge in [-0.05, 0) is 11.8 Å². The zero-order chi connectivity index (χ0) is 12.9. The standard InChI is InChI=1S/C12H23NO3/c1-8(2)7-13(5)11(14)10(9(3)4)12(15)16-6/h8-10H,7H2,1-6H3. The van der Waals surface area contributed by atoms with Gasteiger partial charge in [-0.2, -0.15) is 0 Å². The lowest BCUT2D eigenvalue weighted by Crippen LogP contribution is -2.41. The maximum Gasteiger partial charge on any atom is 0.318 e. The summed E-state index contributed by atoms with van der Waals surface area (Å²) < 4.78 is 4.66. The molecule has 4 nitrogen and oxygen atoms in total. The summed E-state index contributed by atoms with van der Waals surface area (Å²) in [6.07, 6.45) is 0. The average molecular weight is 229 g/mol. The summed E-state index contributed by atoms with van der Waals surface area (Å²) >= 11 is 0. The zero-order valence-corrected chi connectivity index (χ0v) is 11.1. The molecule has 4 heteroatoms. The largest absolute Gasteiger partial charge is 0.468 e. The lowest BCUT2D eigenvalue weighted by molar-refractivity contribution is -0.155. The summed E-state index contributed by atoms with van der Waals surface area (Å²) in [4.78, 5) is 25.2. The van der Waals surface area contributed by atoms with Gasteiger partial charge in [-0.1, -0.05) is 27.7 Å². The molecular formula is C12H23NO3. The van der Waals surface area contributed by atoms with Gasteiger partial charge in [0.2, 0.25) is 5.91 Å². The molecule has 0 aromatic carbocycles. The van der Waals surface area contributed by atoms with Crippen molar-refractivity contribution in [1.29, 1.82) is 0 Å². The van der Waals surface area contributed by atoms with E-state index in [-0.39, 0.29) is 11.8 Å². The molecule has 0 bridgehead atoms. The smallest absolute Gasteiger partial charge is 0.318 e. The first-order valence-electron chi connectivity index (χ1n) is 5.64. The topological polar surface area (TPSA) is 46.6 Å². The average Bonchev–Trinajstić information content (AvgIpc) is 2.15. The maximum absolute atomic E-state index is 12.0. The highest BCUT2D eigenvalue weighted by molar-refractivity contribution is 5.97. The maximum atomic E-state index is 12.0. The molecule has 0 saturated heterocycles. The van der Waals surface area contributed by atoms with Gasteiger partial charge in [-0.15, -0.1) is 0 Å². The van der Waals surface area contributed by atoms with Gasteiger partial charge in [-0.3, -0.25) is 9.59 Å². The first-order chi connectivity index (χ1) is 7.31. The number of methoxy groups -OCH3 is 1. The highest BCUT2D eigenvalue weighted by atomic mass is 16.5. The van der Waals surface area contributed by atoms with Crippen LogP contribution in [0.15, 0.2) is 0 Å². The van der Waals surface area contributed by atoms with Crippen LogP contribution in [0.4, 0.5) is 0 Å². The van der Waals surface area contributed by atoms with Gasteiger partial charge in [0.05, 0.1) is 7.11 Å². The molecule has 0 fully saturated rings. The van der Waals surface area contributed by atoms with Crippen molar-refractivity contribution in [3.05, 3.63) is 0 Å². The Morgan fingerprint density at radius 1 is 1.19 bits per heavy atom. The summed E-state index contributed by atoms with van der Waals surface area (Å²) in [6.45, 7) is 8.42. The van der Waals surface area contributed by atoms with Crippen molar-refractivity contribution >= 4 is 11.9 Å². The number of ether oxygens (including phenoxy) is 1. The molecular weight excluding hydrogens is 206 g/mol. The van der Waals surface area contributed by atoms with Crippen molar-refractivity contribution in [2.75, 3.05) is 20.7 Å². The summed E-state index contributed by atoms with van der Waals surface area (Å²) in [5, 5.41) is 0. The Morgan fingerprint density at radius 3 is 2.00 bits per heavy atom. The molecule has 0 rings (SSSR count). The fourth-order valence-electron chi connectivity index (χ4n) is 1.66. The molecule has 16 heavy (non-hydrogen) atoms. The van der Waals surface area contributed by atoms with Crippen molar-refractivity contribution in [1.82, 2.24) is 4.90 Å². The minimum Gasteiger partial charge on any atom is -0.468 e. The first-order valence-corrected chi connectivity index (χ1v) is 5.64. The quantitative estimate of drug-likeness (QED) is 0.531. The van der Waals surface area contributed by atoms with E-state index >= 15 is 0 Å². The van der Waals surface area contributed by atoms with Crippen molar-refractivity contribution in [2.24, 2.45) is 17.8 Å². The Kier molecular flexibility index (Phi) is 6.08. The Balaban J connectivity index is 4.68. The van der Waals surface area contributed by atoms with Crippen LogP contribution in [-0.4, -0.2) is 37.5 Å². The second kappa shape index (κ2) is 6.51. The lowest BCUT2D eigenvalue weighted by Gasteiger charge is -2.25. The summed E-state index contributed by atoms with van der Waals surface area (Å²) in [6, 6.07) is 0. The number of rotatable bonds is 5. The van der Waals surface area contributed by atoms with Crippen LogP contribution in [0.5, 0.6) is 0 Å². The molecule has 0 radical (unpaired) electrons. The number of hydrogen-bond acceptors (Lipinski definition) is 3. The van der Waals surface area contributed by atoms with E-state index in [1.165, 1.54) is 7.11 Å². The van der Waals surface area contributed by atoms with Gasteiger partial charge in [0, 0.05) is 13.6 Å². The highest BCUT2D eigenvalue weighted by Gasteiger charge is 2.32. The normalized spacial score (nSPS) is 12.8. The first kappa shape index (κ1) is 14.9. The van der Waals surface area contributed by atoms with Crippen LogP contribution in [0, 0.1) is 17.8 Å². The zero-order valence-electron chi connectivity index (χ0n) is 11.1. The Bertz CT molecular complexity index is 249. The fourth-order valence-corrected chi connectivity index (χ4v) is 1.66. The minimum absolute atomic E-state index is 0.0467. The van der Waals surface area contributed by atoms with Crippen LogP contribution in [0.25, 0.3) is 0 Å². The van der Waals surface area contributed by atoms with E-state index in [9.17, 15) is 9.59 Å². The third kappa shape index (κ3) is 4.21. The molecule has 0 aliphatic rings. The Morgan fingerprint density at radius 2 is 1.69 bits per heavy atom. The fraction of sp³-hybridized carbons (Fsp3) is 0.833. The molecule has 1 atom stereocenters. The molecule has 0 aliphatic heterocycles. The molecule has 0 aromatic heterocycles. The van der Waals surface area contributed by atoms with E-state index in [0.717, 1.165) is 0 Å². The number of carbonyl (C=O) groups is 2. The van der Waals surface area contributed by atoms with Crippen LogP contribution in [0.1, 0.15) is 27.7 Å². The minimum atomic E-state index is -0.686. The van der Waals surface area contributed by atoms with Crippen LogP contribution >= 0.6 is 0 Å². The van der Waals surface area contributed by atoms with Gasteiger partial charge < -0.3 is 9.64 Å².